The number of nitrogens with one attached hydrogen (secondary N) is 3. The van der Waals surface area contributed by atoms with Gasteiger partial charge >= 0.3 is 6.03 Å². The molecule has 7 nitrogen and oxygen atoms in total. The second-order valence-electron chi connectivity index (χ2n) is 9.30. The number of hydrogen-bond acceptors (Lipinski definition) is 5. The van der Waals surface area contributed by atoms with Crippen molar-refractivity contribution in [3.63, 3.8) is 0 Å². The Bertz CT molecular complexity index is 1210. The Balaban J connectivity index is 1.31. The quantitative estimate of drug-likeness (QED) is 0.276. The molecule has 3 N–H and O–H groups in total. The lowest BCUT2D eigenvalue weighted by atomic mass is 9.90. The number of rotatable bonds is 8. The average Bonchev–Trinajstić information content (AvgIpc) is 3.36. The molecule has 0 bridgehead atoms. The third-order valence-corrected chi connectivity index (χ3v) is 7.75. The molecule has 196 valence electrons. The zero-order chi connectivity index (χ0) is 26.4. The van der Waals surface area contributed by atoms with Crippen LogP contribution in [0.3, 0.4) is 0 Å². The molecule has 0 aliphatic heterocycles. The second kappa shape index (κ2) is 12.6. The van der Waals surface area contributed by atoms with Gasteiger partial charge in [0.2, 0.25) is 0 Å². The zero-order valence-corrected chi connectivity index (χ0v) is 23.1. The first-order valence-electron chi connectivity index (χ1n) is 12.3. The molecule has 1 aromatic heterocycles. The highest BCUT2D eigenvalue weighted by Crippen LogP contribution is 2.30. The van der Waals surface area contributed by atoms with Crippen molar-refractivity contribution in [2.75, 3.05) is 5.32 Å². The summed E-state index contributed by atoms with van der Waals surface area (Å²) in [5.41, 5.74) is 1.95. The fourth-order valence-corrected chi connectivity index (χ4v) is 5.41. The minimum atomic E-state index is -0.421. The Morgan fingerprint density at radius 2 is 1.68 bits per heavy atom. The van der Waals surface area contributed by atoms with Crippen LogP contribution in [-0.4, -0.2) is 29.0 Å². The molecule has 37 heavy (non-hydrogen) atoms. The van der Waals surface area contributed by atoms with Crippen molar-refractivity contribution in [3.05, 3.63) is 74.2 Å². The summed E-state index contributed by atoms with van der Waals surface area (Å²) < 4.78 is 5.84. The molecule has 2 atom stereocenters. The highest BCUT2D eigenvalue weighted by molar-refractivity contribution is 7.09. The summed E-state index contributed by atoms with van der Waals surface area (Å²) in [5.74, 6) is 0.957. The first-order chi connectivity index (χ1) is 17.8. The number of ether oxygens (including phenoxy) is 1. The average molecular weight is 562 g/mol. The van der Waals surface area contributed by atoms with Crippen LogP contribution in [0.1, 0.15) is 66.5 Å². The maximum absolute atomic E-state index is 12.9. The molecule has 1 heterocycles. The van der Waals surface area contributed by atoms with Crippen LogP contribution >= 0.6 is 34.5 Å². The molecule has 0 unspecified atom stereocenters. The topological polar surface area (TPSA) is 92.3 Å². The van der Waals surface area contributed by atoms with Gasteiger partial charge in [-0.1, -0.05) is 68.1 Å². The van der Waals surface area contributed by atoms with Gasteiger partial charge in [-0.2, -0.15) is 0 Å². The molecule has 1 saturated carbocycles. The lowest BCUT2D eigenvalue weighted by Gasteiger charge is -2.32. The minimum Gasteiger partial charge on any atom is -0.486 e. The number of amides is 3. The van der Waals surface area contributed by atoms with E-state index in [2.05, 4.69) is 46.9 Å². The molecule has 4 rings (SSSR count). The number of para-hydroxylation sites is 1. The summed E-state index contributed by atoms with van der Waals surface area (Å²) in [6.45, 7) is 4.58. The van der Waals surface area contributed by atoms with Crippen LogP contribution in [0, 0.1) is 0 Å². The van der Waals surface area contributed by atoms with Crippen LogP contribution in [0.2, 0.25) is 10.0 Å². The van der Waals surface area contributed by atoms with Gasteiger partial charge in [-0.25, -0.2) is 9.78 Å². The number of carbonyl (C=O) groups excluding carboxylic acids is 2. The summed E-state index contributed by atoms with van der Waals surface area (Å²) in [6, 6.07) is 12.2. The molecular weight excluding hydrogens is 531 g/mol. The lowest BCUT2D eigenvalue weighted by molar-refractivity contribution is 0.0911. The Kier molecular flexibility index (Phi) is 9.29. The summed E-state index contributed by atoms with van der Waals surface area (Å²) in [4.78, 5) is 30.0. The third-order valence-electron chi connectivity index (χ3n) is 6.29. The number of benzene rings is 2. The molecule has 3 amide bonds. The van der Waals surface area contributed by atoms with Gasteiger partial charge in [0.15, 0.2) is 0 Å². The Morgan fingerprint density at radius 1 is 1.03 bits per heavy atom. The largest absolute Gasteiger partial charge is 0.486 e. The van der Waals surface area contributed by atoms with Crippen molar-refractivity contribution in [2.24, 2.45) is 0 Å². The molecule has 3 aromatic rings. The molecule has 0 radical (unpaired) electrons. The standard InChI is InChI=1S/C27H30Cl2N4O3S/c1-16(2)17-10-12-18(13-11-17)36-14-24-30-23(15-37-24)26(34)31-21-8-3-4-9-22(21)32-27(35)33-25-19(28)6-5-7-20(25)29/h5-7,10-13,15-16,21-22H,3-4,8-9,14H2,1-2H3,(H,31,34)(H2,32,33,35)/t21-,22+/m0/s1. The van der Waals surface area contributed by atoms with Crippen LogP contribution in [0.5, 0.6) is 5.75 Å². The monoisotopic (exact) mass is 560 g/mol. The number of aromatic nitrogens is 1. The van der Waals surface area contributed by atoms with E-state index >= 15 is 0 Å². The lowest BCUT2D eigenvalue weighted by Crippen LogP contribution is -2.54. The van der Waals surface area contributed by atoms with Gasteiger partial charge in [0, 0.05) is 11.4 Å². The normalized spacial score (nSPS) is 17.3. The van der Waals surface area contributed by atoms with Crippen molar-refractivity contribution in [3.8, 4) is 5.75 Å². The third kappa shape index (κ3) is 7.37. The number of anilines is 1. The van der Waals surface area contributed by atoms with Gasteiger partial charge in [0.1, 0.15) is 23.1 Å². The summed E-state index contributed by atoms with van der Waals surface area (Å²) in [6.07, 6.45) is 3.43. The minimum absolute atomic E-state index is 0.213. The highest BCUT2D eigenvalue weighted by atomic mass is 35.5. The van der Waals surface area contributed by atoms with Gasteiger partial charge in [-0.05, 0) is 48.6 Å². The number of carbonyl (C=O) groups is 2. The molecule has 0 saturated heterocycles. The van der Waals surface area contributed by atoms with Crippen molar-refractivity contribution in [1.82, 2.24) is 15.6 Å². The van der Waals surface area contributed by atoms with Gasteiger partial charge in [-0.15, -0.1) is 11.3 Å². The molecule has 1 fully saturated rings. The SMILES string of the molecule is CC(C)c1ccc(OCc2nc(C(=O)N[C@H]3CCCC[C@H]3NC(=O)Nc3c(Cl)cccc3Cl)cs2)cc1. The molecule has 1 aliphatic rings. The van der Waals surface area contributed by atoms with Crippen molar-refractivity contribution in [1.29, 1.82) is 0 Å². The Labute approximate surface area is 230 Å². The number of hydrogen-bond donors (Lipinski definition) is 3. The molecular formula is C27H30Cl2N4O3S. The maximum Gasteiger partial charge on any atom is 0.319 e. The summed E-state index contributed by atoms with van der Waals surface area (Å²) in [7, 11) is 0. The van der Waals surface area contributed by atoms with Gasteiger partial charge in [-0.3, -0.25) is 4.79 Å². The van der Waals surface area contributed by atoms with E-state index < -0.39 is 6.03 Å². The number of halogens is 2. The van der Waals surface area contributed by atoms with Crippen LogP contribution in [-0.2, 0) is 6.61 Å². The number of nitrogens with zero attached hydrogens (tertiary/aromatic N) is 1. The van der Waals surface area contributed by atoms with E-state index in [0.29, 0.717) is 32.4 Å². The summed E-state index contributed by atoms with van der Waals surface area (Å²) >= 11 is 13.7. The van der Waals surface area contributed by atoms with E-state index in [4.69, 9.17) is 27.9 Å². The van der Waals surface area contributed by atoms with Crippen molar-refractivity contribution >= 4 is 52.2 Å². The highest BCUT2D eigenvalue weighted by Gasteiger charge is 2.29. The van der Waals surface area contributed by atoms with Crippen LogP contribution < -0.4 is 20.7 Å². The van der Waals surface area contributed by atoms with Crippen LogP contribution in [0.4, 0.5) is 10.5 Å². The molecule has 0 spiro atoms. The summed E-state index contributed by atoms with van der Waals surface area (Å²) in [5, 5.41) is 11.9. The van der Waals surface area contributed by atoms with E-state index in [-0.39, 0.29) is 24.6 Å². The van der Waals surface area contributed by atoms with E-state index in [0.717, 1.165) is 31.4 Å². The second-order valence-corrected chi connectivity index (χ2v) is 11.1. The first-order valence-corrected chi connectivity index (χ1v) is 13.9. The fourth-order valence-electron chi connectivity index (χ4n) is 4.23. The van der Waals surface area contributed by atoms with Gasteiger partial charge in [0.05, 0.1) is 21.8 Å². The molecule has 10 heteroatoms. The van der Waals surface area contributed by atoms with E-state index in [1.807, 2.05) is 12.1 Å². The molecule has 2 aromatic carbocycles. The van der Waals surface area contributed by atoms with E-state index in [1.165, 1.54) is 16.9 Å². The Hall–Kier alpha value is -2.81. The fraction of sp³-hybridized carbons (Fsp3) is 0.370. The van der Waals surface area contributed by atoms with Gasteiger partial charge < -0.3 is 20.7 Å². The number of urea groups is 1. The Morgan fingerprint density at radius 3 is 2.32 bits per heavy atom. The van der Waals surface area contributed by atoms with Crippen LogP contribution in [0.15, 0.2) is 47.8 Å². The number of thiazole rings is 1. The first kappa shape index (κ1) is 27.2. The zero-order valence-electron chi connectivity index (χ0n) is 20.7. The molecule has 1 aliphatic carbocycles. The van der Waals surface area contributed by atoms with E-state index in [1.54, 1.807) is 23.6 Å². The maximum atomic E-state index is 12.9. The predicted molar refractivity (Wildman–Crippen MR) is 149 cm³/mol. The van der Waals surface area contributed by atoms with E-state index in [9.17, 15) is 9.59 Å². The van der Waals surface area contributed by atoms with Crippen molar-refractivity contribution < 1.29 is 14.3 Å². The predicted octanol–water partition coefficient (Wildman–Crippen LogP) is 7.02. The van der Waals surface area contributed by atoms with Crippen LogP contribution in [0.25, 0.3) is 0 Å². The van der Waals surface area contributed by atoms with Gasteiger partial charge in [0.25, 0.3) is 5.91 Å². The smallest absolute Gasteiger partial charge is 0.319 e. The van der Waals surface area contributed by atoms with Crippen molar-refractivity contribution in [2.45, 2.75) is 64.1 Å².